The van der Waals surface area contributed by atoms with E-state index in [1.54, 1.807) is 24.7 Å². The second kappa shape index (κ2) is 8.04. The molecule has 8 nitrogen and oxygen atoms in total. The molecule has 1 aliphatic heterocycles. The molecule has 2 N–H and O–H groups in total. The average Bonchev–Trinajstić information content (AvgIpc) is 3.33. The summed E-state index contributed by atoms with van der Waals surface area (Å²) in [6, 6.07) is 3.54. The Balaban J connectivity index is 1.26. The predicted octanol–water partition coefficient (Wildman–Crippen LogP) is 0.845. The minimum atomic E-state index is -0.479. The van der Waals surface area contributed by atoms with Gasteiger partial charge >= 0.3 is 0 Å². The molecular formula is C19H26N6O2. The number of piperidine rings is 1. The van der Waals surface area contributed by atoms with Gasteiger partial charge in [0.15, 0.2) is 0 Å². The van der Waals surface area contributed by atoms with E-state index in [1.807, 2.05) is 16.9 Å². The van der Waals surface area contributed by atoms with Crippen LogP contribution in [0.25, 0.3) is 0 Å². The molecule has 3 heterocycles. The Hall–Kier alpha value is -2.48. The van der Waals surface area contributed by atoms with Crippen LogP contribution in [0.4, 0.5) is 5.95 Å². The third-order valence-electron chi connectivity index (χ3n) is 5.66. The van der Waals surface area contributed by atoms with E-state index in [0.29, 0.717) is 12.3 Å². The van der Waals surface area contributed by atoms with Crippen molar-refractivity contribution in [2.24, 2.45) is 11.8 Å². The standard InChI is InChI=1S/C19H26N6O2/c26-17-12-14(13-25-8-2-7-22-25)11-16(17)23-18(27)15-3-9-24(10-4-15)19-20-5-1-6-21-19/h1-2,5-8,14-17,26H,3-4,9-13H2,(H,23,27)/t14?,16-,17-/m1/s1. The molecule has 0 spiro atoms. The monoisotopic (exact) mass is 370 g/mol. The van der Waals surface area contributed by atoms with Crippen LogP contribution in [0, 0.1) is 11.8 Å². The summed E-state index contributed by atoms with van der Waals surface area (Å²) in [4.78, 5) is 23.4. The van der Waals surface area contributed by atoms with Gasteiger partial charge in [-0.05, 0) is 43.7 Å². The fraction of sp³-hybridized carbons (Fsp3) is 0.579. The number of amides is 1. The van der Waals surface area contributed by atoms with Crippen LogP contribution in [0.15, 0.2) is 36.9 Å². The Morgan fingerprint density at radius 3 is 2.63 bits per heavy atom. The van der Waals surface area contributed by atoms with Crippen molar-refractivity contribution in [1.29, 1.82) is 0 Å². The molecule has 1 saturated heterocycles. The average molecular weight is 370 g/mol. The van der Waals surface area contributed by atoms with Gasteiger partial charge in [0.05, 0.1) is 12.1 Å². The highest BCUT2D eigenvalue weighted by molar-refractivity contribution is 5.79. The molecule has 4 rings (SSSR count). The molecule has 27 heavy (non-hydrogen) atoms. The van der Waals surface area contributed by atoms with E-state index in [2.05, 4.69) is 25.3 Å². The van der Waals surface area contributed by atoms with Crippen LogP contribution in [0.1, 0.15) is 25.7 Å². The van der Waals surface area contributed by atoms with E-state index in [4.69, 9.17) is 0 Å². The number of aliphatic hydroxyl groups is 1. The molecule has 1 unspecified atom stereocenters. The van der Waals surface area contributed by atoms with Gasteiger partial charge in [0.1, 0.15) is 0 Å². The van der Waals surface area contributed by atoms with Gasteiger partial charge in [-0.25, -0.2) is 9.97 Å². The third kappa shape index (κ3) is 4.27. The maximum atomic E-state index is 12.7. The molecular weight excluding hydrogens is 344 g/mol. The van der Waals surface area contributed by atoms with Crippen LogP contribution in [-0.4, -0.2) is 56.0 Å². The lowest BCUT2D eigenvalue weighted by molar-refractivity contribution is -0.127. The first kappa shape index (κ1) is 17.9. The van der Waals surface area contributed by atoms with Crippen molar-refractivity contribution in [1.82, 2.24) is 25.1 Å². The van der Waals surface area contributed by atoms with Gasteiger partial charge in [-0.1, -0.05) is 0 Å². The predicted molar refractivity (Wildman–Crippen MR) is 99.9 cm³/mol. The van der Waals surface area contributed by atoms with Crippen molar-refractivity contribution in [2.45, 2.75) is 44.4 Å². The first-order chi connectivity index (χ1) is 13.2. The minimum Gasteiger partial charge on any atom is -0.391 e. The highest BCUT2D eigenvalue weighted by Gasteiger charge is 2.36. The Labute approximate surface area is 158 Å². The van der Waals surface area contributed by atoms with Gasteiger partial charge in [-0.3, -0.25) is 9.48 Å². The van der Waals surface area contributed by atoms with Crippen LogP contribution in [0.3, 0.4) is 0 Å². The maximum Gasteiger partial charge on any atom is 0.225 e. The van der Waals surface area contributed by atoms with Gasteiger partial charge in [0.2, 0.25) is 11.9 Å². The van der Waals surface area contributed by atoms with Crippen molar-refractivity contribution >= 4 is 11.9 Å². The number of carbonyl (C=O) groups is 1. The van der Waals surface area contributed by atoms with Gasteiger partial charge in [0, 0.05) is 50.3 Å². The number of hydrogen-bond donors (Lipinski definition) is 2. The second-order valence-corrected chi connectivity index (χ2v) is 7.56. The van der Waals surface area contributed by atoms with E-state index in [0.717, 1.165) is 44.8 Å². The molecule has 2 aromatic rings. The zero-order valence-corrected chi connectivity index (χ0v) is 15.3. The summed E-state index contributed by atoms with van der Waals surface area (Å²) < 4.78 is 1.89. The van der Waals surface area contributed by atoms with Crippen molar-refractivity contribution in [3.63, 3.8) is 0 Å². The molecule has 0 aromatic carbocycles. The number of nitrogens with one attached hydrogen (secondary N) is 1. The molecule has 2 fully saturated rings. The van der Waals surface area contributed by atoms with Crippen LogP contribution >= 0.6 is 0 Å². The van der Waals surface area contributed by atoms with Crippen molar-refractivity contribution in [3.05, 3.63) is 36.9 Å². The van der Waals surface area contributed by atoms with Gasteiger partial charge < -0.3 is 15.3 Å². The molecule has 1 saturated carbocycles. The van der Waals surface area contributed by atoms with Crippen LogP contribution < -0.4 is 10.2 Å². The Morgan fingerprint density at radius 2 is 1.93 bits per heavy atom. The molecule has 2 aromatic heterocycles. The number of anilines is 1. The lowest BCUT2D eigenvalue weighted by Gasteiger charge is -2.32. The number of aliphatic hydroxyl groups excluding tert-OH is 1. The number of aromatic nitrogens is 4. The largest absolute Gasteiger partial charge is 0.391 e. The summed E-state index contributed by atoms with van der Waals surface area (Å²) in [6.07, 6.45) is 9.75. The quantitative estimate of drug-likeness (QED) is 0.810. The first-order valence-electron chi connectivity index (χ1n) is 9.67. The number of nitrogens with zero attached hydrogens (tertiary/aromatic N) is 5. The first-order valence-corrected chi connectivity index (χ1v) is 9.67. The summed E-state index contributed by atoms with van der Waals surface area (Å²) in [5.74, 6) is 1.11. The Morgan fingerprint density at radius 1 is 1.15 bits per heavy atom. The van der Waals surface area contributed by atoms with Crippen LogP contribution in [0.5, 0.6) is 0 Å². The summed E-state index contributed by atoms with van der Waals surface area (Å²) in [6.45, 7) is 2.33. The zero-order chi connectivity index (χ0) is 18.6. The van der Waals surface area contributed by atoms with Crippen molar-refractivity contribution in [2.75, 3.05) is 18.0 Å². The fourth-order valence-corrected chi connectivity index (χ4v) is 4.19. The van der Waals surface area contributed by atoms with Gasteiger partial charge in [0.25, 0.3) is 0 Å². The topological polar surface area (TPSA) is 96.2 Å². The van der Waals surface area contributed by atoms with E-state index in [1.165, 1.54) is 0 Å². The summed E-state index contributed by atoms with van der Waals surface area (Å²) in [5, 5.41) is 17.7. The Bertz CT molecular complexity index is 730. The highest BCUT2D eigenvalue weighted by atomic mass is 16.3. The van der Waals surface area contributed by atoms with Gasteiger partial charge in [-0.15, -0.1) is 0 Å². The SMILES string of the molecule is O=C(N[C@@H]1CC(Cn2cccn2)C[C@H]1O)C1CCN(c2ncccn2)CC1. The van der Waals surface area contributed by atoms with E-state index in [9.17, 15) is 9.90 Å². The lowest BCUT2D eigenvalue weighted by atomic mass is 9.95. The molecule has 0 bridgehead atoms. The molecule has 3 atom stereocenters. The number of hydrogen-bond acceptors (Lipinski definition) is 6. The lowest BCUT2D eigenvalue weighted by Crippen LogP contribution is -2.46. The van der Waals surface area contributed by atoms with Crippen molar-refractivity contribution < 1.29 is 9.90 Å². The number of carbonyl (C=O) groups excluding carboxylic acids is 1. The summed E-state index contributed by atoms with van der Waals surface area (Å²) in [7, 11) is 0. The molecule has 1 amide bonds. The van der Waals surface area contributed by atoms with Crippen LogP contribution in [0.2, 0.25) is 0 Å². The molecule has 144 valence electrons. The normalized spacial score (nSPS) is 26.3. The van der Waals surface area contributed by atoms with E-state index >= 15 is 0 Å². The molecule has 1 aliphatic carbocycles. The van der Waals surface area contributed by atoms with E-state index < -0.39 is 6.10 Å². The van der Waals surface area contributed by atoms with Gasteiger partial charge in [-0.2, -0.15) is 5.10 Å². The number of rotatable bonds is 5. The van der Waals surface area contributed by atoms with Crippen LogP contribution in [-0.2, 0) is 11.3 Å². The highest BCUT2D eigenvalue weighted by Crippen LogP contribution is 2.28. The van der Waals surface area contributed by atoms with Crippen molar-refractivity contribution in [3.8, 4) is 0 Å². The second-order valence-electron chi connectivity index (χ2n) is 7.56. The molecule has 2 aliphatic rings. The zero-order valence-electron chi connectivity index (χ0n) is 15.3. The third-order valence-corrected chi connectivity index (χ3v) is 5.66. The smallest absolute Gasteiger partial charge is 0.225 e. The maximum absolute atomic E-state index is 12.7. The molecule has 8 heteroatoms. The minimum absolute atomic E-state index is 0.0117. The molecule has 0 radical (unpaired) electrons. The Kier molecular flexibility index (Phi) is 5.33. The summed E-state index contributed by atoms with van der Waals surface area (Å²) in [5.41, 5.74) is 0. The fourth-order valence-electron chi connectivity index (χ4n) is 4.19. The van der Waals surface area contributed by atoms with E-state index in [-0.39, 0.29) is 17.9 Å². The summed E-state index contributed by atoms with van der Waals surface area (Å²) >= 11 is 0.